The molecular formula is C12H15NO4. The lowest BCUT2D eigenvalue weighted by Gasteiger charge is -2.07. The van der Waals surface area contributed by atoms with Gasteiger partial charge in [-0.05, 0) is 32.0 Å². The van der Waals surface area contributed by atoms with Gasteiger partial charge in [-0.3, -0.25) is 9.59 Å². The smallest absolute Gasteiger partial charge is 0.228 e. The zero-order valence-electron chi connectivity index (χ0n) is 9.73. The number of hydrogen-bond donors (Lipinski definition) is 3. The molecular weight excluding hydrogens is 222 g/mol. The first kappa shape index (κ1) is 13.0. The van der Waals surface area contributed by atoms with Crippen molar-refractivity contribution < 1.29 is 19.8 Å². The van der Waals surface area contributed by atoms with E-state index in [1.165, 1.54) is 12.1 Å². The van der Waals surface area contributed by atoms with Crippen molar-refractivity contribution >= 4 is 11.7 Å². The van der Waals surface area contributed by atoms with E-state index in [2.05, 4.69) is 5.32 Å². The van der Waals surface area contributed by atoms with Gasteiger partial charge in [-0.1, -0.05) is 0 Å². The molecule has 1 amide bonds. The number of hydrogen-bond acceptors (Lipinski definition) is 4. The number of aromatic hydroxyl groups is 2. The molecule has 0 fully saturated rings. The van der Waals surface area contributed by atoms with Gasteiger partial charge in [-0.2, -0.15) is 0 Å². The third-order valence-corrected chi connectivity index (χ3v) is 2.07. The Labute approximate surface area is 99.1 Å². The van der Waals surface area contributed by atoms with Crippen molar-refractivity contribution in [2.24, 2.45) is 0 Å². The minimum absolute atomic E-state index is 0.0245. The monoisotopic (exact) mass is 237 g/mol. The Kier molecular flexibility index (Phi) is 4.09. The summed E-state index contributed by atoms with van der Waals surface area (Å²) < 4.78 is 0. The number of phenols is 2. The molecule has 0 heterocycles. The first-order valence-corrected chi connectivity index (χ1v) is 5.24. The second-order valence-corrected chi connectivity index (χ2v) is 4.03. The Bertz CT molecular complexity index is 440. The summed E-state index contributed by atoms with van der Waals surface area (Å²) >= 11 is 0. The molecule has 0 saturated carbocycles. The summed E-state index contributed by atoms with van der Waals surface area (Å²) in [5.74, 6) is -1.44. The maximum absolute atomic E-state index is 11.6. The molecule has 0 aromatic heterocycles. The van der Waals surface area contributed by atoms with Crippen molar-refractivity contribution in [3.63, 3.8) is 0 Å². The summed E-state index contributed by atoms with van der Waals surface area (Å²) in [6.45, 7) is 3.60. The Morgan fingerprint density at radius 2 is 1.88 bits per heavy atom. The highest BCUT2D eigenvalue weighted by molar-refractivity contribution is 6.07. The number of Topliss-reactive ketones (excluding diaryl/α,β-unsaturated/α-hetero) is 1. The third kappa shape index (κ3) is 3.79. The van der Waals surface area contributed by atoms with Gasteiger partial charge in [0.25, 0.3) is 0 Å². The van der Waals surface area contributed by atoms with Crippen LogP contribution in [0.25, 0.3) is 0 Å². The standard InChI is InChI=1S/C12H15NO4/c1-7(2)13-12(17)6-10(15)8-3-4-9(14)11(16)5-8/h3-5,7,14,16H,6H2,1-2H3,(H,13,17). The van der Waals surface area contributed by atoms with Crippen molar-refractivity contribution in [1.82, 2.24) is 5.32 Å². The minimum atomic E-state index is -0.404. The van der Waals surface area contributed by atoms with E-state index in [1.54, 1.807) is 13.8 Å². The van der Waals surface area contributed by atoms with Crippen molar-refractivity contribution in [3.8, 4) is 11.5 Å². The van der Waals surface area contributed by atoms with Gasteiger partial charge >= 0.3 is 0 Å². The van der Waals surface area contributed by atoms with E-state index in [9.17, 15) is 14.7 Å². The number of carbonyl (C=O) groups is 2. The summed E-state index contributed by atoms with van der Waals surface area (Å²) in [4.78, 5) is 23.0. The van der Waals surface area contributed by atoms with Crippen LogP contribution in [-0.2, 0) is 4.79 Å². The van der Waals surface area contributed by atoms with Gasteiger partial charge in [0.15, 0.2) is 17.3 Å². The number of rotatable bonds is 4. The van der Waals surface area contributed by atoms with E-state index in [1.807, 2.05) is 0 Å². The van der Waals surface area contributed by atoms with E-state index in [-0.39, 0.29) is 35.4 Å². The summed E-state index contributed by atoms with van der Waals surface area (Å²) in [5, 5.41) is 20.9. The first-order valence-electron chi connectivity index (χ1n) is 5.24. The van der Waals surface area contributed by atoms with Crippen molar-refractivity contribution in [2.45, 2.75) is 26.3 Å². The molecule has 0 spiro atoms. The molecule has 17 heavy (non-hydrogen) atoms. The summed E-state index contributed by atoms with van der Waals surface area (Å²) in [7, 11) is 0. The Morgan fingerprint density at radius 3 is 2.41 bits per heavy atom. The largest absolute Gasteiger partial charge is 0.504 e. The fourth-order valence-corrected chi connectivity index (χ4v) is 1.32. The maximum atomic E-state index is 11.6. The van der Waals surface area contributed by atoms with Gasteiger partial charge < -0.3 is 15.5 Å². The molecule has 1 aromatic rings. The highest BCUT2D eigenvalue weighted by Gasteiger charge is 2.13. The van der Waals surface area contributed by atoms with Crippen LogP contribution >= 0.6 is 0 Å². The minimum Gasteiger partial charge on any atom is -0.504 e. The average Bonchev–Trinajstić information content (AvgIpc) is 2.20. The summed E-state index contributed by atoms with van der Waals surface area (Å²) in [6, 6.07) is 3.69. The number of amides is 1. The predicted molar refractivity (Wildman–Crippen MR) is 62.0 cm³/mol. The van der Waals surface area contributed by atoms with Crippen LogP contribution in [-0.4, -0.2) is 27.9 Å². The lowest BCUT2D eigenvalue weighted by molar-refractivity contribution is -0.120. The number of carbonyl (C=O) groups excluding carboxylic acids is 2. The molecule has 0 unspecified atom stereocenters. The van der Waals surface area contributed by atoms with Gasteiger partial charge in [0.1, 0.15) is 0 Å². The Hall–Kier alpha value is -2.04. The van der Waals surface area contributed by atoms with E-state index in [0.29, 0.717) is 0 Å². The topological polar surface area (TPSA) is 86.6 Å². The van der Waals surface area contributed by atoms with Crippen molar-refractivity contribution in [1.29, 1.82) is 0 Å². The second kappa shape index (κ2) is 5.34. The zero-order valence-corrected chi connectivity index (χ0v) is 9.73. The van der Waals surface area contributed by atoms with Crippen LogP contribution in [0.1, 0.15) is 30.6 Å². The fourth-order valence-electron chi connectivity index (χ4n) is 1.32. The van der Waals surface area contributed by atoms with Gasteiger partial charge in [0.2, 0.25) is 5.91 Å². The van der Waals surface area contributed by atoms with Gasteiger partial charge in [-0.15, -0.1) is 0 Å². The van der Waals surface area contributed by atoms with Gasteiger partial charge in [0.05, 0.1) is 6.42 Å². The van der Waals surface area contributed by atoms with Crippen LogP contribution in [0.3, 0.4) is 0 Å². The quantitative estimate of drug-likeness (QED) is 0.417. The lowest BCUT2D eigenvalue weighted by Crippen LogP contribution is -2.31. The third-order valence-electron chi connectivity index (χ3n) is 2.07. The first-order chi connectivity index (χ1) is 7.90. The van der Waals surface area contributed by atoms with Crippen LogP contribution in [0.5, 0.6) is 11.5 Å². The van der Waals surface area contributed by atoms with Crippen LogP contribution in [0, 0.1) is 0 Å². The van der Waals surface area contributed by atoms with Crippen LogP contribution in [0.4, 0.5) is 0 Å². The number of phenolic OH excluding ortho intramolecular Hbond substituents is 2. The number of benzene rings is 1. The molecule has 92 valence electrons. The molecule has 5 heteroatoms. The van der Waals surface area contributed by atoms with Crippen LogP contribution in [0.15, 0.2) is 18.2 Å². The van der Waals surface area contributed by atoms with E-state index >= 15 is 0 Å². The lowest BCUT2D eigenvalue weighted by atomic mass is 10.1. The van der Waals surface area contributed by atoms with Crippen LogP contribution in [0.2, 0.25) is 0 Å². The van der Waals surface area contributed by atoms with E-state index < -0.39 is 5.78 Å². The molecule has 1 rings (SSSR count). The van der Waals surface area contributed by atoms with E-state index in [0.717, 1.165) is 6.07 Å². The van der Waals surface area contributed by atoms with Gasteiger partial charge in [-0.25, -0.2) is 0 Å². The zero-order chi connectivity index (χ0) is 13.0. The molecule has 1 aromatic carbocycles. The number of nitrogens with one attached hydrogen (secondary N) is 1. The summed E-state index contributed by atoms with van der Waals surface area (Å²) in [5.41, 5.74) is 0.194. The van der Waals surface area contributed by atoms with Crippen molar-refractivity contribution in [2.75, 3.05) is 0 Å². The molecule has 0 radical (unpaired) electrons. The Balaban J connectivity index is 2.70. The highest BCUT2D eigenvalue weighted by Crippen LogP contribution is 2.25. The fraction of sp³-hybridized carbons (Fsp3) is 0.333. The van der Waals surface area contributed by atoms with Crippen molar-refractivity contribution in [3.05, 3.63) is 23.8 Å². The normalized spacial score (nSPS) is 10.3. The van der Waals surface area contributed by atoms with E-state index in [4.69, 9.17) is 5.11 Å². The van der Waals surface area contributed by atoms with Crippen LogP contribution < -0.4 is 5.32 Å². The second-order valence-electron chi connectivity index (χ2n) is 4.03. The molecule has 0 atom stereocenters. The maximum Gasteiger partial charge on any atom is 0.228 e. The van der Waals surface area contributed by atoms with Gasteiger partial charge in [0, 0.05) is 11.6 Å². The predicted octanol–water partition coefficient (Wildman–Crippen LogP) is 1.20. The average molecular weight is 237 g/mol. The SMILES string of the molecule is CC(C)NC(=O)CC(=O)c1ccc(O)c(O)c1. The molecule has 0 aliphatic rings. The molecule has 0 bridgehead atoms. The molecule has 0 aliphatic heterocycles. The molecule has 3 N–H and O–H groups in total. The molecule has 0 aliphatic carbocycles. The Morgan fingerprint density at radius 1 is 1.24 bits per heavy atom. The highest BCUT2D eigenvalue weighted by atomic mass is 16.3. The molecule has 5 nitrogen and oxygen atoms in total. The molecule has 0 saturated heterocycles. The number of ketones is 1. The summed E-state index contributed by atoms with van der Waals surface area (Å²) in [6.07, 6.45) is -0.275.